The molecule has 0 atom stereocenters. The fourth-order valence-electron chi connectivity index (χ4n) is 2.79. The molecule has 0 aliphatic heterocycles. The first-order chi connectivity index (χ1) is 6.81. The van der Waals surface area contributed by atoms with Crippen LogP contribution in [0.1, 0.15) is 41.5 Å². The number of allylic oxidation sites excluding steroid dienone is 1. The summed E-state index contributed by atoms with van der Waals surface area (Å²) in [7, 11) is 0. The van der Waals surface area contributed by atoms with E-state index in [4.69, 9.17) is 0 Å². The maximum atomic E-state index is 4.07. The van der Waals surface area contributed by atoms with Gasteiger partial charge in [0.2, 0.25) is 0 Å². The van der Waals surface area contributed by atoms with Crippen molar-refractivity contribution in [1.29, 1.82) is 0 Å². The summed E-state index contributed by atoms with van der Waals surface area (Å²) in [5, 5.41) is 0. The van der Waals surface area contributed by atoms with Crippen LogP contribution in [0, 0.1) is 0 Å². The van der Waals surface area contributed by atoms with Gasteiger partial charge in [0.05, 0.1) is 0 Å². The second-order valence-corrected chi connectivity index (χ2v) is 24.4. The Balaban J connectivity index is 5.21. The molecule has 0 bridgehead atoms. The molecule has 15 heavy (non-hydrogen) atoms. The van der Waals surface area contributed by atoms with Crippen LogP contribution in [0.15, 0.2) is 12.7 Å². The molecule has 0 nitrogen and oxygen atoms in total. The van der Waals surface area contributed by atoms with Gasteiger partial charge in [0, 0.05) is 0 Å². The predicted octanol–water partition coefficient (Wildman–Crippen LogP) is 5.41. The van der Waals surface area contributed by atoms with Crippen molar-refractivity contribution in [2.75, 3.05) is 0 Å². The molecule has 0 saturated heterocycles. The topological polar surface area (TPSA) is 0 Å². The standard InChI is InChI=1S/C9H21P.C3H5.BrH.Pd/c1-7(2)10(8(3)4)9(5)6;1-3-2;;/h7-9H,1-6H3;3H,1-2H2;1H;. The Kier molecular flexibility index (Phi) is 7.51. The van der Waals surface area contributed by atoms with Crippen molar-refractivity contribution in [3.8, 4) is 0 Å². The van der Waals surface area contributed by atoms with Gasteiger partial charge < -0.3 is 0 Å². The van der Waals surface area contributed by atoms with Gasteiger partial charge >= 0.3 is 109 Å². The van der Waals surface area contributed by atoms with Crippen LogP contribution in [-0.4, -0.2) is 17.0 Å². The van der Waals surface area contributed by atoms with Crippen LogP contribution < -0.4 is 0 Å². The summed E-state index contributed by atoms with van der Waals surface area (Å²) >= 11 is 3.51. The van der Waals surface area contributed by atoms with E-state index in [2.05, 4.69) is 67.6 Å². The molecule has 3 heteroatoms. The second kappa shape index (κ2) is 6.91. The van der Waals surface area contributed by atoms with Gasteiger partial charge in [-0.3, -0.25) is 0 Å². The first-order valence-corrected chi connectivity index (χ1v) is 14.7. The molecule has 0 radical (unpaired) electrons. The molecule has 0 heterocycles. The number of rotatable bonds is 6. The molecule has 0 N–H and O–H groups in total. The van der Waals surface area contributed by atoms with Gasteiger partial charge in [0.15, 0.2) is 0 Å². The molecule has 0 aromatic heterocycles. The third-order valence-corrected chi connectivity index (χ3v) is 31.9. The Bertz CT molecular complexity index is 180. The molecule has 0 unspecified atom stereocenters. The van der Waals surface area contributed by atoms with Gasteiger partial charge in [-0.25, -0.2) is 0 Å². The van der Waals surface area contributed by atoms with E-state index in [0.717, 1.165) is 17.0 Å². The number of hydrogen-bond acceptors (Lipinski definition) is 0. The van der Waals surface area contributed by atoms with Crippen LogP contribution in [0.5, 0.6) is 0 Å². The minimum absolute atomic E-state index is 0.559. The van der Waals surface area contributed by atoms with E-state index in [0.29, 0.717) is 0 Å². The van der Waals surface area contributed by atoms with Gasteiger partial charge in [0.25, 0.3) is 0 Å². The van der Waals surface area contributed by atoms with E-state index >= 15 is 0 Å². The average molecular weight is 389 g/mol. The molecular weight excluding hydrogens is 361 g/mol. The number of halogens is 1. The zero-order valence-electron chi connectivity index (χ0n) is 10.9. The molecule has 0 aromatic rings. The van der Waals surface area contributed by atoms with Crippen LogP contribution in [0.4, 0.5) is 0 Å². The predicted molar refractivity (Wildman–Crippen MR) is 77.7 cm³/mol. The van der Waals surface area contributed by atoms with Crippen molar-refractivity contribution in [3.63, 3.8) is 0 Å². The molecule has 0 rings (SSSR count). The molecule has 0 amide bonds. The summed E-state index contributed by atoms with van der Waals surface area (Å²) in [5.41, 5.74) is 1.43. The Morgan fingerprint density at radius 3 is 1.60 bits per heavy atom. The Labute approximate surface area is 109 Å². The van der Waals surface area contributed by atoms with E-state index in [1.807, 2.05) is 0 Å². The minimum atomic E-state index is -1.19. The maximum absolute atomic E-state index is 4.07. The Morgan fingerprint density at radius 1 is 1.07 bits per heavy atom. The van der Waals surface area contributed by atoms with Gasteiger partial charge in [-0.2, -0.15) is 0 Å². The first-order valence-electron chi connectivity index (χ1n) is 5.65. The average Bonchev–Trinajstić information content (AvgIpc) is 2.02. The third kappa shape index (κ3) is 3.39. The summed E-state index contributed by atoms with van der Waals surface area (Å²) in [5.74, 6) is 0. The van der Waals surface area contributed by atoms with E-state index in [-0.39, 0.29) is 0 Å². The zero-order chi connectivity index (χ0) is 12.2. The number of hydrogen-bond donors (Lipinski definition) is 0. The van der Waals surface area contributed by atoms with Crippen molar-refractivity contribution < 1.29 is 14.2 Å². The summed E-state index contributed by atoms with van der Waals surface area (Å²) in [6.45, 7) is 18.5. The second-order valence-electron chi connectivity index (χ2n) is 4.91. The quantitative estimate of drug-likeness (QED) is 0.324. The monoisotopic (exact) mass is 387 g/mol. The molecular formula is C12H27BrPPd. The van der Waals surface area contributed by atoms with Crippen molar-refractivity contribution in [2.24, 2.45) is 0 Å². The molecule has 0 saturated carbocycles. The van der Waals surface area contributed by atoms with Crippen LogP contribution in [0.3, 0.4) is 0 Å². The van der Waals surface area contributed by atoms with E-state index in [1.54, 1.807) is 0 Å². The normalized spacial score (nSPS) is 14.9. The molecule has 0 aliphatic carbocycles. The fourth-order valence-corrected chi connectivity index (χ4v) is 35.8. The van der Waals surface area contributed by atoms with Crippen LogP contribution in [0.2, 0.25) is 4.89 Å². The fraction of sp³-hybridized carbons (Fsp3) is 0.833. The van der Waals surface area contributed by atoms with Crippen LogP contribution >= 0.6 is 18.9 Å². The van der Waals surface area contributed by atoms with E-state index < -0.39 is 19.7 Å². The van der Waals surface area contributed by atoms with Crippen molar-refractivity contribution in [3.05, 3.63) is 12.7 Å². The van der Waals surface area contributed by atoms with Gasteiger partial charge in [0.1, 0.15) is 0 Å². The molecule has 0 aliphatic rings. The summed E-state index contributed by atoms with van der Waals surface area (Å²) in [6, 6.07) is 0. The van der Waals surface area contributed by atoms with Crippen LogP contribution in [0.25, 0.3) is 0 Å². The first kappa shape index (κ1) is 16.3. The Morgan fingerprint density at radius 2 is 1.40 bits per heavy atom. The van der Waals surface area contributed by atoms with Crippen LogP contribution in [-0.2, 0) is 14.2 Å². The SMILES string of the molecule is C=C[CH2][Pd]([Br])[PH](C(C)C)(C(C)C)C(C)C. The van der Waals surface area contributed by atoms with Gasteiger partial charge in [-0.15, -0.1) is 0 Å². The molecule has 0 spiro atoms. The third-order valence-electron chi connectivity index (χ3n) is 3.05. The van der Waals surface area contributed by atoms with Crippen molar-refractivity contribution >= 4 is 18.9 Å². The Hall–Kier alpha value is 1.31. The molecule has 0 fully saturated rings. The van der Waals surface area contributed by atoms with Gasteiger partial charge in [-0.05, 0) is 0 Å². The molecule has 0 aromatic carbocycles. The zero-order valence-corrected chi connectivity index (χ0v) is 15.1. The summed E-state index contributed by atoms with van der Waals surface area (Å²) in [6.07, 6.45) is 2.12. The summed E-state index contributed by atoms with van der Waals surface area (Å²) in [4.78, 5) is 1.23. The van der Waals surface area contributed by atoms with Crippen molar-refractivity contribution in [2.45, 2.75) is 63.4 Å². The van der Waals surface area contributed by atoms with Gasteiger partial charge in [-0.1, -0.05) is 0 Å². The van der Waals surface area contributed by atoms with E-state index in [9.17, 15) is 0 Å². The molecule has 97 valence electrons. The summed E-state index contributed by atoms with van der Waals surface area (Å²) < 4.78 is 0. The van der Waals surface area contributed by atoms with Crippen molar-refractivity contribution in [1.82, 2.24) is 0 Å². The van der Waals surface area contributed by atoms with E-state index in [1.165, 1.54) is 4.89 Å².